The van der Waals surface area contributed by atoms with Crippen LogP contribution in [0.2, 0.25) is 0 Å². The van der Waals surface area contributed by atoms with Crippen molar-refractivity contribution in [2.75, 3.05) is 26.8 Å². The number of ether oxygens (including phenoxy) is 1. The van der Waals surface area contributed by atoms with Crippen molar-refractivity contribution in [2.45, 2.75) is 25.7 Å². The van der Waals surface area contributed by atoms with Gasteiger partial charge in [-0.25, -0.2) is 0 Å². The Morgan fingerprint density at radius 3 is 2.90 bits per heavy atom. The van der Waals surface area contributed by atoms with Crippen molar-refractivity contribution in [3.63, 3.8) is 0 Å². The number of aliphatic imine (C=N–C) groups is 1. The third-order valence-electron chi connectivity index (χ3n) is 3.79. The van der Waals surface area contributed by atoms with Crippen molar-refractivity contribution < 1.29 is 4.74 Å². The van der Waals surface area contributed by atoms with Gasteiger partial charge in [0.1, 0.15) is 0 Å². The van der Waals surface area contributed by atoms with Gasteiger partial charge in [-0.2, -0.15) is 0 Å². The number of nitrogens with two attached hydrogens (primary N) is 1. The molecule has 1 aliphatic rings. The van der Waals surface area contributed by atoms with E-state index in [0.717, 1.165) is 38.2 Å². The Hall–Kier alpha value is -0.890. The van der Waals surface area contributed by atoms with E-state index < -0.39 is 0 Å². The zero-order valence-electron chi connectivity index (χ0n) is 12.5. The van der Waals surface area contributed by atoms with Crippen LogP contribution < -0.4 is 11.1 Å². The molecule has 0 bridgehead atoms. The number of halogens is 1. The number of nitrogens with one attached hydrogen (secondary N) is 1. The summed E-state index contributed by atoms with van der Waals surface area (Å²) in [6.45, 7) is 2.37. The monoisotopic (exact) mass is 404 g/mol. The Morgan fingerprint density at radius 2 is 2.29 bits per heavy atom. The molecule has 0 aromatic carbocycles. The summed E-state index contributed by atoms with van der Waals surface area (Å²) >= 11 is 0. The van der Waals surface area contributed by atoms with E-state index in [9.17, 15) is 0 Å². The van der Waals surface area contributed by atoms with Crippen LogP contribution in [-0.4, -0.2) is 37.7 Å². The van der Waals surface area contributed by atoms with Crippen LogP contribution in [0.1, 0.15) is 25.0 Å². The van der Waals surface area contributed by atoms with Gasteiger partial charge in [0, 0.05) is 45.1 Å². The lowest BCUT2D eigenvalue weighted by Gasteiger charge is -2.12. The molecule has 3 N–H and O–H groups in total. The van der Waals surface area contributed by atoms with Crippen LogP contribution >= 0.6 is 24.0 Å². The molecule has 0 spiro atoms. The van der Waals surface area contributed by atoms with Crippen LogP contribution in [0.3, 0.4) is 0 Å². The molecule has 0 atom stereocenters. The fourth-order valence-electron chi connectivity index (χ4n) is 2.16. The van der Waals surface area contributed by atoms with Crippen molar-refractivity contribution in [1.29, 1.82) is 0 Å². The molecule has 1 aliphatic carbocycles. The summed E-state index contributed by atoms with van der Waals surface area (Å²) in [6.07, 6.45) is 6.21. The van der Waals surface area contributed by atoms with Crippen molar-refractivity contribution in [2.24, 2.45) is 16.1 Å². The van der Waals surface area contributed by atoms with E-state index in [4.69, 9.17) is 10.5 Å². The standard InChI is InChI=1S/C15H24N4O.HI/c1-20-11-8-15(6-7-15)12-19-14(16)18-10-5-13-4-2-3-9-17-13;/h2-4,9H,5-8,10-12H2,1H3,(H3,16,18,19);1H. The molecule has 1 fully saturated rings. The highest BCUT2D eigenvalue weighted by atomic mass is 127. The van der Waals surface area contributed by atoms with Gasteiger partial charge in [-0.05, 0) is 36.8 Å². The van der Waals surface area contributed by atoms with E-state index in [0.29, 0.717) is 11.4 Å². The third kappa shape index (κ3) is 6.60. The quantitative estimate of drug-likeness (QED) is 0.395. The Labute approximate surface area is 143 Å². The lowest BCUT2D eigenvalue weighted by molar-refractivity contribution is 0.174. The van der Waals surface area contributed by atoms with Gasteiger partial charge in [-0.1, -0.05) is 6.07 Å². The lowest BCUT2D eigenvalue weighted by Crippen LogP contribution is -2.34. The molecule has 21 heavy (non-hydrogen) atoms. The maximum atomic E-state index is 5.89. The highest BCUT2D eigenvalue weighted by Gasteiger charge is 2.41. The van der Waals surface area contributed by atoms with Gasteiger partial charge < -0.3 is 15.8 Å². The number of hydrogen-bond acceptors (Lipinski definition) is 3. The summed E-state index contributed by atoms with van der Waals surface area (Å²) in [7, 11) is 1.74. The summed E-state index contributed by atoms with van der Waals surface area (Å²) in [5.41, 5.74) is 7.30. The molecule has 1 saturated carbocycles. The van der Waals surface area contributed by atoms with Gasteiger partial charge in [-0.15, -0.1) is 24.0 Å². The largest absolute Gasteiger partial charge is 0.385 e. The second-order valence-corrected chi connectivity index (χ2v) is 5.44. The zero-order valence-corrected chi connectivity index (χ0v) is 14.9. The topological polar surface area (TPSA) is 72.5 Å². The Kier molecular flexibility index (Phi) is 7.95. The van der Waals surface area contributed by atoms with E-state index in [1.165, 1.54) is 12.8 Å². The van der Waals surface area contributed by atoms with Crippen LogP contribution in [-0.2, 0) is 11.2 Å². The van der Waals surface area contributed by atoms with Crippen LogP contribution in [0.25, 0.3) is 0 Å². The summed E-state index contributed by atoms with van der Waals surface area (Å²) in [5, 5.41) is 3.14. The van der Waals surface area contributed by atoms with Crippen molar-refractivity contribution in [1.82, 2.24) is 10.3 Å². The van der Waals surface area contributed by atoms with Crippen LogP contribution in [0.4, 0.5) is 0 Å². The summed E-state index contributed by atoms with van der Waals surface area (Å²) < 4.78 is 5.14. The first kappa shape index (κ1) is 18.2. The molecule has 0 amide bonds. The van der Waals surface area contributed by atoms with Crippen molar-refractivity contribution in [3.05, 3.63) is 30.1 Å². The normalized spacial score (nSPS) is 16.1. The number of aromatic nitrogens is 1. The lowest BCUT2D eigenvalue weighted by atomic mass is 10.0. The first-order valence-corrected chi connectivity index (χ1v) is 7.17. The van der Waals surface area contributed by atoms with Gasteiger partial charge in [0.2, 0.25) is 0 Å². The Bertz CT molecular complexity index is 435. The minimum Gasteiger partial charge on any atom is -0.385 e. The first-order chi connectivity index (χ1) is 9.74. The molecule has 1 heterocycles. The summed E-state index contributed by atoms with van der Waals surface area (Å²) in [6, 6.07) is 5.92. The summed E-state index contributed by atoms with van der Waals surface area (Å²) in [5.74, 6) is 0.532. The van der Waals surface area contributed by atoms with Gasteiger partial charge in [-0.3, -0.25) is 9.98 Å². The first-order valence-electron chi connectivity index (χ1n) is 7.17. The van der Waals surface area contributed by atoms with E-state index in [1.54, 1.807) is 13.3 Å². The van der Waals surface area contributed by atoms with Crippen LogP contribution in [0.5, 0.6) is 0 Å². The highest BCUT2D eigenvalue weighted by molar-refractivity contribution is 14.0. The number of guanidine groups is 1. The fraction of sp³-hybridized carbons (Fsp3) is 0.600. The van der Waals surface area contributed by atoms with Crippen LogP contribution in [0, 0.1) is 5.41 Å². The molecule has 0 unspecified atom stereocenters. The molecule has 5 nitrogen and oxygen atoms in total. The molecule has 0 radical (unpaired) electrons. The second-order valence-electron chi connectivity index (χ2n) is 5.44. The maximum Gasteiger partial charge on any atom is 0.188 e. The smallest absolute Gasteiger partial charge is 0.188 e. The molecule has 6 heteroatoms. The number of methoxy groups -OCH3 is 1. The Balaban J connectivity index is 0.00000220. The Morgan fingerprint density at radius 1 is 1.48 bits per heavy atom. The zero-order chi connectivity index (χ0) is 14.3. The minimum atomic E-state index is 0. The molecular weight excluding hydrogens is 379 g/mol. The maximum absolute atomic E-state index is 5.89. The van der Waals surface area contributed by atoms with Gasteiger partial charge in [0.05, 0.1) is 0 Å². The van der Waals surface area contributed by atoms with Gasteiger partial charge >= 0.3 is 0 Å². The number of hydrogen-bond donors (Lipinski definition) is 2. The van der Waals surface area contributed by atoms with Crippen molar-refractivity contribution >= 4 is 29.9 Å². The van der Waals surface area contributed by atoms with E-state index >= 15 is 0 Å². The highest BCUT2D eigenvalue weighted by Crippen LogP contribution is 2.48. The van der Waals surface area contributed by atoms with E-state index in [1.807, 2.05) is 18.2 Å². The van der Waals surface area contributed by atoms with Crippen molar-refractivity contribution in [3.8, 4) is 0 Å². The predicted octanol–water partition coefficient (Wildman–Crippen LogP) is 1.96. The molecule has 0 aliphatic heterocycles. The average molecular weight is 404 g/mol. The molecule has 1 aromatic heterocycles. The molecule has 0 saturated heterocycles. The number of nitrogens with zero attached hydrogens (tertiary/aromatic N) is 2. The fourth-order valence-corrected chi connectivity index (χ4v) is 2.16. The molecule has 2 rings (SSSR count). The SMILES string of the molecule is COCCC1(CN=C(N)NCCc2ccccn2)CC1.I. The predicted molar refractivity (Wildman–Crippen MR) is 96.0 cm³/mol. The number of rotatable bonds is 8. The molecular formula is C15H25IN4O. The van der Waals surface area contributed by atoms with Gasteiger partial charge in [0.25, 0.3) is 0 Å². The summed E-state index contributed by atoms with van der Waals surface area (Å²) in [4.78, 5) is 8.72. The number of pyridine rings is 1. The van der Waals surface area contributed by atoms with Gasteiger partial charge in [0.15, 0.2) is 5.96 Å². The third-order valence-corrected chi connectivity index (χ3v) is 3.79. The van der Waals surface area contributed by atoms with E-state index in [2.05, 4.69) is 15.3 Å². The molecule has 118 valence electrons. The average Bonchev–Trinajstić information content (AvgIpc) is 3.25. The van der Waals surface area contributed by atoms with Crippen LogP contribution in [0.15, 0.2) is 29.4 Å². The minimum absolute atomic E-state index is 0. The molecule has 1 aromatic rings. The second kappa shape index (κ2) is 9.19. The van der Waals surface area contributed by atoms with E-state index in [-0.39, 0.29) is 24.0 Å².